The van der Waals surface area contributed by atoms with Crippen LogP contribution in [0, 0.1) is 0 Å². The van der Waals surface area contributed by atoms with Crippen molar-refractivity contribution in [1.82, 2.24) is 0 Å². The molecule has 0 saturated heterocycles. The van der Waals surface area contributed by atoms with Crippen molar-refractivity contribution in [2.45, 2.75) is 71.9 Å². The first-order valence-corrected chi connectivity index (χ1v) is 14.2. The summed E-state index contributed by atoms with van der Waals surface area (Å²) in [5, 5.41) is 0.0286. The Kier molecular flexibility index (Phi) is 9.11. The van der Waals surface area contributed by atoms with Crippen molar-refractivity contribution in [3.63, 3.8) is 0 Å². The average molecular weight is 473 g/mol. The number of benzene rings is 2. The molecule has 0 amide bonds. The Morgan fingerprint density at radius 2 is 1.70 bits per heavy atom. The lowest BCUT2D eigenvalue weighted by Gasteiger charge is -2.36. The molecule has 1 atom stereocenters. The second kappa shape index (κ2) is 11.4. The molecule has 0 spiro atoms. The molecule has 0 aliphatic carbocycles. The van der Waals surface area contributed by atoms with Gasteiger partial charge in [-0.2, -0.15) is 0 Å². The van der Waals surface area contributed by atoms with E-state index in [9.17, 15) is 9.59 Å². The predicted molar refractivity (Wildman–Crippen MR) is 131 cm³/mol. The standard InChI is InChI=1S/C26H36O6Si/c1-8-29-25(28)24(31-19(2)27)17-21-16-22(32-33(6,7)26(3,4)5)14-15-23(21)30-18-20-12-10-9-11-13-20/h9-16,24H,8,17-18H2,1-7H3/t24-/m1/s1. The van der Waals surface area contributed by atoms with Gasteiger partial charge in [-0.05, 0) is 48.8 Å². The highest BCUT2D eigenvalue weighted by molar-refractivity contribution is 6.74. The normalized spacial score (nSPS) is 12.6. The quantitative estimate of drug-likeness (QED) is 0.327. The summed E-state index contributed by atoms with van der Waals surface area (Å²) in [6.45, 7) is 14.4. The molecule has 0 aliphatic heterocycles. The van der Waals surface area contributed by atoms with E-state index >= 15 is 0 Å². The summed E-state index contributed by atoms with van der Waals surface area (Å²) in [5.74, 6) is 0.169. The zero-order valence-corrected chi connectivity index (χ0v) is 21.8. The smallest absolute Gasteiger partial charge is 0.347 e. The Bertz CT molecular complexity index is 934. The molecule has 2 aromatic carbocycles. The van der Waals surface area contributed by atoms with Crippen LogP contribution in [0.4, 0.5) is 0 Å². The van der Waals surface area contributed by atoms with Crippen molar-refractivity contribution in [3.05, 3.63) is 59.7 Å². The average Bonchev–Trinajstić information content (AvgIpc) is 2.72. The van der Waals surface area contributed by atoms with Crippen LogP contribution in [0.25, 0.3) is 0 Å². The van der Waals surface area contributed by atoms with Crippen LogP contribution in [0.15, 0.2) is 48.5 Å². The molecule has 0 unspecified atom stereocenters. The van der Waals surface area contributed by atoms with Gasteiger partial charge in [-0.3, -0.25) is 4.79 Å². The molecule has 7 heteroatoms. The van der Waals surface area contributed by atoms with E-state index in [1.54, 1.807) is 6.92 Å². The summed E-state index contributed by atoms with van der Waals surface area (Å²) in [5.41, 5.74) is 1.73. The van der Waals surface area contributed by atoms with Crippen LogP contribution in [0.3, 0.4) is 0 Å². The third-order valence-electron chi connectivity index (χ3n) is 5.71. The first-order valence-electron chi connectivity index (χ1n) is 11.3. The van der Waals surface area contributed by atoms with Gasteiger partial charge in [-0.1, -0.05) is 51.1 Å². The van der Waals surface area contributed by atoms with Gasteiger partial charge in [0.15, 0.2) is 0 Å². The Labute approximate surface area is 198 Å². The lowest BCUT2D eigenvalue weighted by molar-refractivity contribution is -0.166. The first kappa shape index (κ1) is 26.4. The monoisotopic (exact) mass is 472 g/mol. The lowest BCUT2D eigenvalue weighted by Crippen LogP contribution is -2.43. The Balaban J connectivity index is 2.37. The van der Waals surface area contributed by atoms with Crippen LogP contribution in [-0.4, -0.2) is 33.0 Å². The van der Waals surface area contributed by atoms with Crippen LogP contribution in [-0.2, 0) is 32.1 Å². The van der Waals surface area contributed by atoms with Gasteiger partial charge in [0.1, 0.15) is 18.1 Å². The summed E-state index contributed by atoms with van der Waals surface area (Å²) < 4.78 is 22.9. The minimum Gasteiger partial charge on any atom is -0.543 e. The Morgan fingerprint density at radius 1 is 1.03 bits per heavy atom. The number of ether oxygens (including phenoxy) is 3. The number of carbonyl (C=O) groups is 2. The molecule has 33 heavy (non-hydrogen) atoms. The molecule has 0 saturated carbocycles. The highest BCUT2D eigenvalue weighted by Gasteiger charge is 2.39. The van der Waals surface area contributed by atoms with Gasteiger partial charge < -0.3 is 18.6 Å². The minimum absolute atomic E-state index is 0.0286. The number of carbonyl (C=O) groups excluding carboxylic acids is 2. The summed E-state index contributed by atoms with van der Waals surface area (Å²) in [6.07, 6.45) is -0.943. The van der Waals surface area contributed by atoms with Gasteiger partial charge >= 0.3 is 11.9 Å². The van der Waals surface area contributed by atoms with E-state index in [4.69, 9.17) is 18.6 Å². The fourth-order valence-corrected chi connectivity index (χ4v) is 3.93. The zero-order valence-electron chi connectivity index (χ0n) is 20.8. The van der Waals surface area contributed by atoms with Crippen molar-refractivity contribution in [3.8, 4) is 11.5 Å². The fraction of sp³-hybridized carbons (Fsp3) is 0.462. The maximum absolute atomic E-state index is 12.5. The van der Waals surface area contributed by atoms with Crippen LogP contribution in [0.5, 0.6) is 11.5 Å². The molecular formula is C26H36O6Si. The van der Waals surface area contributed by atoms with Crippen LogP contribution >= 0.6 is 0 Å². The van der Waals surface area contributed by atoms with Gasteiger partial charge in [-0.25, -0.2) is 4.79 Å². The first-order chi connectivity index (χ1) is 15.4. The SMILES string of the molecule is CCOC(=O)[C@@H](Cc1cc(O[Si](C)(C)C(C)(C)C)ccc1OCc1ccccc1)OC(C)=O. The molecule has 6 nitrogen and oxygen atoms in total. The number of hydrogen-bond acceptors (Lipinski definition) is 6. The van der Waals surface area contributed by atoms with Crippen LogP contribution < -0.4 is 9.16 Å². The van der Waals surface area contributed by atoms with E-state index in [-0.39, 0.29) is 18.1 Å². The minimum atomic E-state index is -2.08. The molecule has 0 aliphatic rings. The molecular weight excluding hydrogens is 436 g/mol. The Morgan fingerprint density at radius 3 is 2.27 bits per heavy atom. The largest absolute Gasteiger partial charge is 0.543 e. The Hall–Kier alpha value is -2.80. The van der Waals surface area contributed by atoms with Crippen molar-refractivity contribution in [2.24, 2.45) is 0 Å². The summed E-state index contributed by atoms with van der Waals surface area (Å²) >= 11 is 0. The van der Waals surface area contributed by atoms with Crippen LogP contribution in [0.1, 0.15) is 45.7 Å². The zero-order chi connectivity index (χ0) is 24.6. The van der Waals surface area contributed by atoms with E-state index in [1.807, 2.05) is 48.5 Å². The molecule has 0 N–H and O–H groups in total. The van der Waals surface area contributed by atoms with E-state index < -0.39 is 26.4 Å². The van der Waals surface area contributed by atoms with Crippen molar-refractivity contribution in [1.29, 1.82) is 0 Å². The second-order valence-corrected chi connectivity index (χ2v) is 14.2. The van der Waals surface area contributed by atoms with Gasteiger partial charge in [0.05, 0.1) is 6.61 Å². The molecule has 180 valence electrons. The van der Waals surface area contributed by atoms with E-state index in [1.165, 1.54) is 6.92 Å². The maximum atomic E-state index is 12.5. The van der Waals surface area contributed by atoms with E-state index in [0.717, 1.165) is 5.56 Å². The summed E-state index contributed by atoms with van der Waals surface area (Å²) in [6, 6.07) is 15.4. The van der Waals surface area contributed by atoms with Crippen LogP contribution in [0.2, 0.25) is 18.1 Å². The molecule has 2 rings (SSSR count). The highest BCUT2D eigenvalue weighted by atomic mass is 28.4. The van der Waals surface area contributed by atoms with E-state index in [0.29, 0.717) is 23.7 Å². The van der Waals surface area contributed by atoms with Gasteiger partial charge in [-0.15, -0.1) is 0 Å². The maximum Gasteiger partial charge on any atom is 0.347 e. The number of rotatable bonds is 10. The fourth-order valence-electron chi connectivity index (χ4n) is 2.91. The van der Waals surface area contributed by atoms with Crippen molar-refractivity contribution in [2.75, 3.05) is 6.61 Å². The van der Waals surface area contributed by atoms with Gasteiger partial charge in [0, 0.05) is 18.9 Å². The van der Waals surface area contributed by atoms with E-state index in [2.05, 4.69) is 33.9 Å². The summed E-state index contributed by atoms with van der Waals surface area (Å²) in [7, 11) is -2.08. The molecule has 0 fully saturated rings. The third-order valence-corrected chi connectivity index (χ3v) is 10.1. The van der Waals surface area contributed by atoms with Crippen molar-refractivity contribution >= 4 is 20.3 Å². The molecule has 0 heterocycles. The second-order valence-electron chi connectivity index (χ2n) is 9.46. The van der Waals surface area contributed by atoms with Crippen molar-refractivity contribution < 1.29 is 28.2 Å². The lowest BCUT2D eigenvalue weighted by atomic mass is 10.1. The highest BCUT2D eigenvalue weighted by Crippen LogP contribution is 2.38. The number of esters is 2. The third kappa shape index (κ3) is 7.93. The topological polar surface area (TPSA) is 71.1 Å². The molecule has 2 aromatic rings. The number of hydrogen-bond donors (Lipinski definition) is 0. The summed E-state index contributed by atoms with van der Waals surface area (Å²) in [4.78, 5) is 24.1. The molecule has 0 radical (unpaired) electrons. The predicted octanol–water partition coefficient (Wildman–Crippen LogP) is 5.69. The molecule has 0 aromatic heterocycles. The van der Waals surface area contributed by atoms with Gasteiger partial charge in [0.2, 0.25) is 14.4 Å². The van der Waals surface area contributed by atoms with Gasteiger partial charge in [0.25, 0.3) is 0 Å². The molecule has 0 bridgehead atoms.